The normalized spacial score (nSPS) is 18.0. The van der Waals surface area contributed by atoms with E-state index in [2.05, 4.69) is 78.6 Å². The first-order chi connectivity index (χ1) is 31.5. The molecule has 2 aliphatic rings. The summed E-state index contributed by atoms with van der Waals surface area (Å²) in [5, 5.41) is 24.9. The van der Waals surface area contributed by atoms with Crippen molar-refractivity contribution in [3.8, 4) is 0 Å². The van der Waals surface area contributed by atoms with Crippen LogP contribution in [0.25, 0.3) is 20.4 Å². The quantitative estimate of drug-likeness (QED) is 0.0867. The molecular weight excluding hydrogens is 868 g/mol. The van der Waals surface area contributed by atoms with Gasteiger partial charge in [-0.3, -0.25) is 28.7 Å². The first-order valence-corrected chi connectivity index (χ1v) is 22.9. The Labute approximate surface area is 388 Å². The molecule has 65 heavy (non-hydrogen) atoms. The van der Waals surface area contributed by atoms with Gasteiger partial charge in [0, 0.05) is 38.1 Å². The van der Waals surface area contributed by atoms with Crippen molar-refractivity contribution in [3.05, 3.63) is 94.6 Å². The highest BCUT2D eigenvalue weighted by Gasteiger charge is 2.34. The molecule has 2 unspecified atom stereocenters. The van der Waals surface area contributed by atoms with Crippen LogP contribution in [-0.4, -0.2) is 88.0 Å². The Bertz CT molecular complexity index is 2640. The molecule has 4 atom stereocenters. The number of piperidine rings is 2. The van der Waals surface area contributed by atoms with E-state index in [1.54, 1.807) is 39.8 Å². The zero-order valence-corrected chi connectivity index (χ0v) is 39.7. The van der Waals surface area contributed by atoms with Crippen LogP contribution >= 0.6 is 22.7 Å². The summed E-state index contributed by atoms with van der Waals surface area (Å²) < 4.78 is 17.8. The molecule has 346 valence electrons. The number of thiazole rings is 2. The molecule has 4 aromatic heterocycles. The van der Waals surface area contributed by atoms with Crippen molar-refractivity contribution in [1.29, 1.82) is 0 Å². The van der Waals surface area contributed by atoms with Crippen molar-refractivity contribution in [1.82, 2.24) is 30.2 Å². The molecule has 15 nitrogen and oxygen atoms in total. The number of carbonyl (C=O) groups excluding carboxylic acids is 3. The SMILES string of the molecule is CNc1nc2cc(C3CCC(C)CN3)ccc2s1.CNc1nc2cc([C@@H]3CC[C@@H](C)CN3C(=O)C(=O)Nc3cnc(C)c(C)c3)ccc2s1.Cc1cc(NC(=O)C(=O)O)cnc1C.[2H]CF. The van der Waals surface area contributed by atoms with Gasteiger partial charge in [0.2, 0.25) is 0 Å². The number of benzene rings is 2. The summed E-state index contributed by atoms with van der Waals surface area (Å²) >= 11 is 3.31. The molecule has 6 N–H and O–H groups in total. The van der Waals surface area contributed by atoms with Crippen molar-refractivity contribution in [3.63, 3.8) is 0 Å². The number of aliphatic carboxylic acids is 1. The zero-order chi connectivity index (χ0) is 48.1. The first-order valence-electron chi connectivity index (χ1n) is 22.0. The number of rotatable bonds is 6. The number of hydrogen-bond acceptors (Lipinski definition) is 13. The molecule has 6 heterocycles. The monoisotopic (exact) mass is 927 g/mol. The second-order valence-corrected chi connectivity index (χ2v) is 18.3. The molecule has 2 fully saturated rings. The number of likely N-dealkylation sites (tertiary alicyclic amines) is 1. The van der Waals surface area contributed by atoms with Gasteiger partial charge in [0.1, 0.15) is 0 Å². The van der Waals surface area contributed by atoms with Crippen LogP contribution in [0.1, 0.15) is 86.6 Å². The van der Waals surface area contributed by atoms with E-state index in [1.807, 2.05) is 66.1 Å². The van der Waals surface area contributed by atoms with E-state index in [-0.39, 0.29) is 6.04 Å². The molecule has 2 aromatic carbocycles. The molecule has 0 aliphatic carbocycles. The molecule has 0 radical (unpaired) electrons. The van der Waals surface area contributed by atoms with Crippen LogP contribution in [0.2, 0.25) is 0 Å². The summed E-state index contributed by atoms with van der Waals surface area (Å²) in [5.41, 5.74) is 8.94. The minimum Gasteiger partial charge on any atom is -0.474 e. The highest BCUT2D eigenvalue weighted by Crippen LogP contribution is 2.36. The van der Waals surface area contributed by atoms with Crippen molar-refractivity contribution >= 4 is 88.4 Å². The number of fused-ring (bicyclic) bond motifs is 2. The molecule has 0 bridgehead atoms. The lowest BCUT2D eigenvalue weighted by Crippen LogP contribution is -2.46. The predicted molar refractivity (Wildman–Crippen MR) is 260 cm³/mol. The molecular formula is C47H59FN10O5S2. The van der Waals surface area contributed by atoms with Crippen LogP contribution in [0.4, 0.5) is 26.0 Å². The van der Waals surface area contributed by atoms with E-state index >= 15 is 0 Å². The average Bonchev–Trinajstić information content (AvgIpc) is 3.93. The lowest BCUT2D eigenvalue weighted by atomic mass is 9.89. The maximum absolute atomic E-state index is 13.2. The standard InChI is InChI=1S/C23H27N5O2S.C14H19N3S.C9H10N2O3.CH3F/c1-13-5-7-19(16-6-8-20-18(10-16)27-23(24-4)31-20)28(12-13)22(30)21(29)26-17-9-14(2)15(3)25-11-17;1-9-3-5-11(16-8-9)10-4-6-13-12(7-10)17-14(15-2)18-13;1-5-3-7(4-10-6(5)2)11-8(12)9(13)14;1-2/h6,8-11,13,19H,5,7,12H2,1-4H3,(H,24,27)(H,26,29);4,6-7,9,11,16H,3,5,8H2,1-2H3,(H,15,17);3-4H,1-2H3,(H,11,12)(H,13,14);1H3/t13-,19+;;;/m1.../s1/i;;;1D. The summed E-state index contributed by atoms with van der Waals surface area (Å²) in [5.74, 6) is -2.56. The van der Waals surface area contributed by atoms with E-state index in [9.17, 15) is 23.6 Å². The lowest BCUT2D eigenvalue weighted by Gasteiger charge is -2.38. The van der Waals surface area contributed by atoms with E-state index in [0.29, 0.717) is 29.9 Å². The maximum Gasteiger partial charge on any atom is 0.394 e. The number of aromatic nitrogens is 4. The van der Waals surface area contributed by atoms with Crippen LogP contribution in [0.3, 0.4) is 0 Å². The number of nitrogens with zero attached hydrogens (tertiary/aromatic N) is 5. The number of pyridine rings is 2. The lowest BCUT2D eigenvalue weighted by molar-refractivity contribution is -0.147. The van der Waals surface area contributed by atoms with Crippen LogP contribution < -0.4 is 26.6 Å². The molecule has 2 saturated heterocycles. The van der Waals surface area contributed by atoms with Gasteiger partial charge in [-0.1, -0.05) is 48.7 Å². The van der Waals surface area contributed by atoms with E-state index in [1.165, 1.54) is 29.3 Å². The maximum atomic E-state index is 13.2. The Balaban J connectivity index is 0.000000197. The number of nitrogens with one attached hydrogen (secondary N) is 5. The smallest absolute Gasteiger partial charge is 0.394 e. The summed E-state index contributed by atoms with van der Waals surface area (Å²) in [4.78, 5) is 66.1. The van der Waals surface area contributed by atoms with Gasteiger partial charge < -0.3 is 36.6 Å². The Morgan fingerprint density at radius 2 is 1.26 bits per heavy atom. The third-order valence-electron chi connectivity index (χ3n) is 11.4. The van der Waals surface area contributed by atoms with Gasteiger partial charge in [0.25, 0.3) is 0 Å². The third-order valence-corrected chi connectivity index (χ3v) is 13.5. The fourth-order valence-corrected chi connectivity index (χ4v) is 9.06. The number of carbonyl (C=O) groups is 4. The number of halogens is 1. The minimum absolute atomic E-state index is 0.142. The largest absolute Gasteiger partial charge is 0.474 e. The van der Waals surface area contributed by atoms with Gasteiger partial charge in [-0.15, -0.1) is 0 Å². The Hall–Kier alpha value is -6.11. The second kappa shape index (κ2) is 23.2. The number of amides is 3. The van der Waals surface area contributed by atoms with Gasteiger partial charge in [0.05, 0.1) is 58.8 Å². The summed E-state index contributed by atoms with van der Waals surface area (Å²) in [7, 11) is 2.77. The Morgan fingerprint density at radius 1 is 0.754 bits per heavy atom. The number of alkyl halides is 1. The number of aryl methyl sites for hydroxylation is 4. The van der Waals surface area contributed by atoms with Gasteiger partial charge >= 0.3 is 23.7 Å². The van der Waals surface area contributed by atoms with Gasteiger partial charge in [-0.2, -0.15) is 0 Å². The van der Waals surface area contributed by atoms with Crippen LogP contribution in [0.5, 0.6) is 0 Å². The molecule has 0 saturated carbocycles. The third kappa shape index (κ3) is 13.2. The average molecular weight is 928 g/mol. The molecule has 2 aliphatic heterocycles. The molecule has 6 aromatic rings. The fourth-order valence-electron chi connectivity index (χ4n) is 7.46. The summed E-state index contributed by atoms with van der Waals surface area (Å²) in [6.45, 7) is 13.6. The number of hydrogen-bond donors (Lipinski definition) is 6. The zero-order valence-electron chi connectivity index (χ0n) is 39.0. The Kier molecular flexibility index (Phi) is 17.2. The van der Waals surface area contributed by atoms with Crippen LogP contribution in [0, 0.1) is 39.5 Å². The molecule has 8 rings (SSSR count). The van der Waals surface area contributed by atoms with E-state index in [4.69, 9.17) is 6.48 Å². The fraction of sp³-hybridized carbons (Fsp3) is 0.404. The molecule has 18 heteroatoms. The molecule has 0 spiro atoms. The van der Waals surface area contributed by atoms with Crippen LogP contribution in [-0.2, 0) is 19.2 Å². The first kappa shape index (κ1) is 48.3. The number of anilines is 4. The minimum atomic E-state index is -1.51. The van der Waals surface area contributed by atoms with Gasteiger partial charge in [0.15, 0.2) is 10.3 Å². The van der Waals surface area contributed by atoms with Gasteiger partial charge in [-0.25, -0.2) is 14.8 Å². The number of carboxylic acid groups (broad SMARTS) is 1. The topological polar surface area (TPSA) is 203 Å². The van der Waals surface area contributed by atoms with Crippen molar-refractivity contribution in [2.75, 3.05) is 55.6 Å². The second-order valence-electron chi connectivity index (χ2n) is 16.3. The van der Waals surface area contributed by atoms with Gasteiger partial charge in [-0.05, 0) is 130 Å². The van der Waals surface area contributed by atoms with Crippen molar-refractivity contribution in [2.45, 2.75) is 79.3 Å². The summed E-state index contributed by atoms with van der Waals surface area (Å²) in [6, 6.07) is 16.7. The van der Waals surface area contributed by atoms with Crippen molar-refractivity contribution < 1.29 is 30.0 Å². The van der Waals surface area contributed by atoms with Crippen molar-refractivity contribution in [2.24, 2.45) is 11.8 Å². The Morgan fingerprint density at radius 3 is 1.75 bits per heavy atom. The van der Waals surface area contributed by atoms with E-state index in [0.717, 1.165) is 79.4 Å². The molecule has 3 amide bonds. The number of carboxylic acids is 1. The van der Waals surface area contributed by atoms with Crippen LogP contribution in [0.15, 0.2) is 60.9 Å². The van der Waals surface area contributed by atoms with E-state index < -0.39 is 30.8 Å². The highest BCUT2D eigenvalue weighted by molar-refractivity contribution is 7.22. The predicted octanol–water partition coefficient (Wildman–Crippen LogP) is 8.99. The summed E-state index contributed by atoms with van der Waals surface area (Å²) in [6.07, 6.45) is 7.38. The highest BCUT2D eigenvalue weighted by atomic mass is 32.1.